The number of ketones is 1. The minimum Gasteiger partial charge on any atom is -0.460 e. The summed E-state index contributed by atoms with van der Waals surface area (Å²) in [6.07, 6.45) is 1.76. The van der Waals surface area contributed by atoms with Gasteiger partial charge in [0.25, 0.3) is 0 Å². The van der Waals surface area contributed by atoms with E-state index in [1.54, 1.807) is 55.5 Å². The van der Waals surface area contributed by atoms with E-state index in [0.717, 1.165) is 62.0 Å². The second-order valence-electron chi connectivity index (χ2n) is 12.2. The van der Waals surface area contributed by atoms with Crippen LogP contribution >= 0.6 is 11.6 Å². The molecule has 5 rings (SSSR count). The number of esters is 3. The zero-order valence-electron chi connectivity index (χ0n) is 28.5. The number of carbonyl (C=O) groups excluding carboxylic acids is 4. The van der Waals surface area contributed by atoms with Crippen molar-refractivity contribution in [3.63, 3.8) is 0 Å². The van der Waals surface area contributed by atoms with Crippen LogP contribution in [0.3, 0.4) is 0 Å². The molecule has 0 aliphatic carbocycles. The predicted octanol–water partition coefficient (Wildman–Crippen LogP) is 6.35. The highest BCUT2D eigenvalue weighted by atomic mass is 35.5. The van der Waals surface area contributed by atoms with Crippen LogP contribution in [0.15, 0.2) is 115 Å². The predicted molar refractivity (Wildman–Crippen MR) is 195 cm³/mol. The van der Waals surface area contributed by atoms with Gasteiger partial charge in [-0.15, -0.1) is 0 Å². The summed E-state index contributed by atoms with van der Waals surface area (Å²) < 4.78 is 15.6. The molecule has 0 saturated carbocycles. The Labute approximate surface area is 303 Å². The molecule has 1 unspecified atom stereocenters. The zero-order valence-corrected chi connectivity index (χ0v) is 29.3. The summed E-state index contributed by atoms with van der Waals surface area (Å²) in [4.78, 5) is 54.4. The highest BCUT2D eigenvalue weighted by Gasteiger charge is 2.21. The van der Waals surface area contributed by atoms with Crippen LogP contribution in [0.25, 0.3) is 11.1 Å². The van der Waals surface area contributed by atoms with Gasteiger partial charge >= 0.3 is 17.9 Å². The minimum absolute atomic E-state index is 0.0209. The third-order valence-electron chi connectivity index (χ3n) is 8.65. The van der Waals surface area contributed by atoms with Crippen LogP contribution in [-0.4, -0.2) is 86.0 Å². The molecule has 10 heteroatoms. The molecule has 0 bridgehead atoms. The number of hydrogen-bond donors (Lipinski definition) is 0. The number of nitrogens with zero attached hydrogens (tertiary/aromatic N) is 2. The molecule has 0 spiro atoms. The van der Waals surface area contributed by atoms with Crippen molar-refractivity contribution in [1.82, 2.24) is 9.80 Å². The summed E-state index contributed by atoms with van der Waals surface area (Å²) in [6, 6.07) is 31.8. The SMILES string of the molecule is CC(C(=O)OC(=O)/C=C\C(=O)OCCOCCN1CCN(Cc2ccccc2-c2ccc(Cl)cc2)CC1)c1cccc(C(=O)c2ccccc2)c1. The first-order chi connectivity index (χ1) is 24.8. The van der Waals surface area contributed by atoms with Crippen molar-refractivity contribution in [3.05, 3.63) is 143 Å². The van der Waals surface area contributed by atoms with Crippen molar-refractivity contribution in [2.45, 2.75) is 19.4 Å². The molecule has 0 N–H and O–H groups in total. The lowest BCUT2D eigenvalue weighted by Crippen LogP contribution is -2.46. The van der Waals surface area contributed by atoms with Gasteiger partial charge in [0, 0.05) is 67.6 Å². The summed E-state index contributed by atoms with van der Waals surface area (Å²) >= 11 is 6.08. The maximum absolute atomic E-state index is 12.8. The van der Waals surface area contributed by atoms with Crippen molar-refractivity contribution >= 4 is 35.3 Å². The normalized spacial score (nSPS) is 14.2. The number of benzene rings is 4. The van der Waals surface area contributed by atoms with Gasteiger partial charge in [-0.25, -0.2) is 9.59 Å². The number of ether oxygens (including phenoxy) is 3. The average Bonchev–Trinajstić information content (AvgIpc) is 3.16. The fourth-order valence-corrected chi connectivity index (χ4v) is 5.85. The Bertz CT molecular complexity index is 1820. The fourth-order valence-electron chi connectivity index (χ4n) is 5.73. The number of rotatable bonds is 15. The molecule has 0 aromatic heterocycles. The van der Waals surface area contributed by atoms with Crippen LogP contribution in [0.4, 0.5) is 0 Å². The van der Waals surface area contributed by atoms with E-state index in [1.807, 2.05) is 18.2 Å². The standard InChI is InChI=1S/C41H41ClN2O7/c1-30(33-11-7-12-34(28-33)40(47)32-8-3-2-4-9-32)41(48)51-39(46)19-18-38(45)50-27-26-49-25-24-43-20-22-44(23-21-43)29-35-10-5-6-13-37(35)31-14-16-36(42)17-15-31/h2-19,28,30H,20-27,29H2,1H3/b19-18-. The van der Waals surface area contributed by atoms with Gasteiger partial charge in [0.1, 0.15) is 6.61 Å². The number of hydrogen-bond acceptors (Lipinski definition) is 9. The molecule has 1 aliphatic heterocycles. The average molecular weight is 709 g/mol. The molecule has 1 atom stereocenters. The Morgan fingerprint density at radius 1 is 0.725 bits per heavy atom. The Kier molecular flexibility index (Phi) is 13.8. The van der Waals surface area contributed by atoms with Crippen LogP contribution in [0.1, 0.15) is 39.9 Å². The van der Waals surface area contributed by atoms with E-state index in [9.17, 15) is 19.2 Å². The summed E-state index contributed by atoms with van der Waals surface area (Å²) in [5, 5.41) is 0.727. The summed E-state index contributed by atoms with van der Waals surface area (Å²) in [5.74, 6) is -3.56. The van der Waals surface area contributed by atoms with Gasteiger partial charge in [0.2, 0.25) is 0 Å². The number of halogens is 1. The fraction of sp³-hybridized carbons (Fsp3) is 0.268. The molecule has 51 heavy (non-hydrogen) atoms. The highest BCUT2D eigenvalue weighted by Crippen LogP contribution is 2.26. The first kappa shape index (κ1) is 37.3. The summed E-state index contributed by atoms with van der Waals surface area (Å²) in [5.41, 5.74) is 5.13. The first-order valence-electron chi connectivity index (χ1n) is 16.9. The molecule has 1 fully saturated rings. The van der Waals surface area contributed by atoms with Gasteiger partial charge < -0.3 is 14.2 Å². The summed E-state index contributed by atoms with van der Waals surface area (Å²) in [7, 11) is 0. The van der Waals surface area contributed by atoms with Crippen molar-refractivity contribution in [3.8, 4) is 11.1 Å². The van der Waals surface area contributed by atoms with Gasteiger partial charge in [0.05, 0.1) is 19.1 Å². The Morgan fingerprint density at radius 3 is 2.16 bits per heavy atom. The molecule has 1 heterocycles. The van der Waals surface area contributed by atoms with Crippen molar-refractivity contribution < 1.29 is 33.4 Å². The highest BCUT2D eigenvalue weighted by molar-refractivity contribution is 6.30. The van der Waals surface area contributed by atoms with E-state index < -0.39 is 23.8 Å². The van der Waals surface area contributed by atoms with E-state index >= 15 is 0 Å². The molecular weight excluding hydrogens is 668 g/mol. The molecular formula is C41H41ClN2O7. The molecule has 9 nitrogen and oxygen atoms in total. The maximum Gasteiger partial charge on any atom is 0.338 e. The Balaban J connectivity index is 0.943. The van der Waals surface area contributed by atoms with Crippen LogP contribution in [0, 0.1) is 0 Å². The van der Waals surface area contributed by atoms with E-state index in [0.29, 0.717) is 23.3 Å². The topological polar surface area (TPSA) is 102 Å². The second-order valence-corrected chi connectivity index (χ2v) is 12.6. The van der Waals surface area contributed by atoms with Crippen LogP contribution < -0.4 is 0 Å². The smallest absolute Gasteiger partial charge is 0.338 e. The molecule has 1 saturated heterocycles. The molecule has 4 aromatic carbocycles. The maximum atomic E-state index is 12.8. The quantitative estimate of drug-likeness (QED) is 0.0460. The van der Waals surface area contributed by atoms with Crippen LogP contribution in [0.5, 0.6) is 0 Å². The molecule has 0 amide bonds. The lowest BCUT2D eigenvalue weighted by Gasteiger charge is -2.35. The van der Waals surface area contributed by atoms with Gasteiger partial charge in [0.15, 0.2) is 5.78 Å². The largest absolute Gasteiger partial charge is 0.460 e. The Hall–Kier alpha value is -4.93. The third kappa shape index (κ3) is 11.3. The third-order valence-corrected chi connectivity index (χ3v) is 8.90. The monoisotopic (exact) mass is 708 g/mol. The lowest BCUT2D eigenvalue weighted by atomic mass is 9.96. The molecule has 0 radical (unpaired) electrons. The molecule has 264 valence electrons. The molecule has 4 aromatic rings. The van der Waals surface area contributed by atoms with Crippen molar-refractivity contribution in [1.29, 1.82) is 0 Å². The van der Waals surface area contributed by atoms with E-state index in [2.05, 4.69) is 46.2 Å². The number of carbonyl (C=O) groups is 4. The Morgan fingerprint density at radius 2 is 1.39 bits per heavy atom. The van der Waals surface area contributed by atoms with E-state index in [1.165, 1.54) is 11.1 Å². The second kappa shape index (κ2) is 18.9. The van der Waals surface area contributed by atoms with Gasteiger partial charge in [-0.05, 0) is 47.4 Å². The summed E-state index contributed by atoms with van der Waals surface area (Å²) in [6.45, 7) is 7.74. The van der Waals surface area contributed by atoms with E-state index in [4.69, 9.17) is 25.8 Å². The first-order valence-corrected chi connectivity index (χ1v) is 17.3. The van der Waals surface area contributed by atoms with Gasteiger partial charge in [-0.1, -0.05) is 96.5 Å². The van der Waals surface area contributed by atoms with Gasteiger partial charge in [-0.2, -0.15) is 0 Å². The lowest BCUT2D eigenvalue weighted by molar-refractivity contribution is -0.157. The van der Waals surface area contributed by atoms with Crippen molar-refractivity contribution in [2.75, 3.05) is 52.5 Å². The van der Waals surface area contributed by atoms with Crippen LogP contribution in [0.2, 0.25) is 5.02 Å². The van der Waals surface area contributed by atoms with Crippen molar-refractivity contribution in [2.24, 2.45) is 0 Å². The van der Waals surface area contributed by atoms with Crippen LogP contribution in [-0.2, 0) is 35.1 Å². The van der Waals surface area contributed by atoms with Gasteiger partial charge in [-0.3, -0.25) is 19.4 Å². The molecule has 1 aliphatic rings. The number of piperazine rings is 1. The van der Waals surface area contributed by atoms with E-state index in [-0.39, 0.29) is 19.0 Å². The minimum atomic E-state index is -0.998. The zero-order chi connectivity index (χ0) is 36.0.